The minimum absolute atomic E-state index is 0.588. The van der Waals surface area contributed by atoms with Gasteiger partial charge in [-0.15, -0.1) is 6.42 Å². The maximum atomic E-state index is 9.34. The van der Waals surface area contributed by atoms with E-state index < -0.39 is 6.10 Å². The molecular weight excluding hydrogens is 172 g/mol. The summed E-state index contributed by atoms with van der Waals surface area (Å²) in [5.41, 5.74) is 1.65. The van der Waals surface area contributed by atoms with E-state index in [0.717, 1.165) is 5.56 Å². The number of benzene rings is 1. The van der Waals surface area contributed by atoms with Crippen molar-refractivity contribution in [3.05, 3.63) is 34.3 Å². The maximum absolute atomic E-state index is 9.34. The number of hydrogen-bond acceptors (Lipinski definition) is 1. The highest BCUT2D eigenvalue weighted by Crippen LogP contribution is 2.21. The second-order valence-electron chi connectivity index (χ2n) is 2.57. The molecule has 0 fully saturated rings. The summed E-state index contributed by atoms with van der Waals surface area (Å²) in [7, 11) is 0. The van der Waals surface area contributed by atoms with Crippen LogP contribution in [0.1, 0.15) is 17.2 Å². The van der Waals surface area contributed by atoms with Gasteiger partial charge in [-0.1, -0.05) is 23.6 Å². The van der Waals surface area contributed by atoms with Crippen molar-refractivity contribution < 1.29 is 5.11 Å². The predicted octanol–water partition coefficient (Wildman–Crippen LogP) is 2.32. The van der Waals surface area contributed by atoms with Crippen molar-refractivity contribution in [2.24, 2.45) is 0 Å². The molecule has 0 aromatic heterocycles. The number of rotatable bonds is 1. The molecule has 0 aliphatic carbocycles. The second kappa shape index (κ2) is 3.62. The first-order valence-electron chi connectivity index (χ1n) is 3.55. The van der Waals surface area contributed by atoms with Crippen LogP contribution in [-0.2, 0) is 0 Å². The molecule has 1 aromatic rings. The van der Waals surface area contributed by atoms with E-state index in [-0.39, 0.29) is 0 Å². The molecule has 0 bridgehead atoms. The van der Waals surface area contributed by atoms with Crippen LogP contribution in [0, 0.1) is 19.3 Å². The Kier molecular flexibility index (Phi) is 2.75. The lowest BCUT2D eigenvalue weighted by molar-refractivity contribution is 0.238. The summed E-state index contributed by atoms with van der Waals surface area (Å²) < 4.78 is 0. The second-order valence-corrected chi connectivity index (χ2v) is 3.01. The highest BCUT2D eigenvalue weighted by Gasteiger charge is 2.06. The van der Waals surface area contributed by atoms with Crippen LogP contribution in [0.15, 0.2) is 18.2 Å². The largest absolute Gasteiger partial charge is 0.376 e. The van der Waals surface area contributed by atoms with Gasteiger partial charge in [-0.3, -0.25) is 0 Å². The molecule has 0 saturated carbocycles. The number of halogens is 1. The van der Waals surface area contributed by atoms with E-state index in [4.69, 9.17) is 18.0 Å². The number of hydrogen-bond donors (Lipinski definition) is 1. The van der Waals surface area contributed by atoms with E-state index in [0.29, 0.717) is 10.6 Å². The van der Waals surface area contributed by atoms with Crippen molar-refractivity contribution >= 4 is 11.6 Å². The predicted molar refractivity (Wildman–Crippen MR) is 50.0 cm³/mol. The van der Waals surface area contributed by atoms with Crippen LogP contribution < -0.4 is 0 Å². The molecule has 0 saturated heterocycles. The first kappa shape index (κ1) is 9.12. The van der Waals surface area contributed by atoms with Crippen LogP contribution >= 0.6 is 11.6 Å². The van der Waals surface area contributed by atoms with Crippen molar-refractivity contribution in [2.45, 2.75) is 13.0 Å². The average Bonchev–Trinajstić information content (AvgIpc) is 2.08. The van der Waals surface area contributed by atoms with Gasteiger partial charge in [-0.2, -0.15) is 0 Å². The minimum atomic E-state index is -0.858. The molecular formula is C10H9ClO. The third-order valence-corrected chi connectivity index (χ3v) is 1.93. The van der Waals surface area contributed by atoms with Gasteiger partial charge in [-0.25, -0.2) is 0 Å². The molecule has 0 radical (unpaired) electrons. The summed E-state index contributed by atoms with van der Waals surface area (Å²) in [6, 6.07) is 5.28. The third-order valence-electron chi connectivity index (χ3n) is 1.69. The van der Waals surface area contributed by atoms with Gasteiger partial charge in [0, 0.05) is 5.02 Å². The Hall–Kier alpha value is -0.970. The molecule has 1 nitrogen and oxygen atoms in total. The monoisotopic (exact) mass is 180 g/mol. The first-order chi connectivity index (χ1) is 5.65. The number of aliphatic hydroxyl groups excluding tert-OH is 1. The zero-order valence-corrected chi connectivity index (χ0v) is 7.47. The standard InChI is InChI=1S/C10H9ClO/c1-3-10(12)9-6-8(11)5-4-7(9)2/h1,4-6,10,12H,2H3. The van der Waals surface area contributed by atoms with Crippen LogP contribution in [-0.4, -0.2) is 5.11 Å². The molecule has 0 amide bonds. The van der Waals surface area contributed by atoms with Crippen LogP contribution in [0.3, 0.4) is 0 Å². The van der Waals surface area contributed by atoms with Crippen LogP contribution in [0.2, 0.25) is 5.02 Å². The number of aliphatic hydroxyl groups is 1. The Balaban J connectivity index is 3.15. The highest BCUT2D eigenvalue weighted by atomic mass is 35.5. The molecule has 62 valence electrons. The van der Waals surface area contributed by atoms with Gasteiger partial charge in [0.1, 0.15) is 6.10 Å². The molecule has 0 aliphatic heterocycles. The van der Waals surface area contributed by atoms with Crippen molar-refractivity contribution in [1.82, 2.24) is 0 Å². The van der Waals surface area contributed by atoms with Gasteiger partial charge in [0.15, 0.2) is 0 Å². The van der Waals surface area contributed by atoms with Gasteiger partial charge in [0.2, 0.25) is 0 Å². The SMILES string of the molecule is C#CC(O)c1cc(Cl)ccc1C. The summed E-state index contributed by atoms with van der Waals surface area (Å²) in [6.07, 6.45) is 4.22. The van der Waals surface area contributed by atoms with Crippen LogP contribution in [0.5, 0.6) is 0 Å². The summed E-state index contributed by atoms with van der Waals surface area (Å²) in [6.45, 7) is 1.88. The van der Waals surface area contributed by atoms with Crippen molar-refractivity contribution in [1.29, 1.82) is 0 Å². The van der Waals surface area contributed by atoms with E-state index >= 15 is 0 Å². The molecule has 1 atom stereocenters. The summed E-state index contributed by atoms with van der Waals surface area (Å²) in [4.78, 5) is 0. The third kappa shape index (κ3) is 1.79. The van der Waals surface area contributed by atoms with Gasteiger partial charge in [0.05, 0.1) is 0 Å². The molecule has 0 aliphatic rings. The van der Waals surface area contributed by atoms with Gasteiger partial charge < -0.3 is 5.11 Å². The fraction of sp³-hybridized carbons (Fsp3) is 0.200. The summed E-state index contributed by atoms with van der Waals surface area (Å²) in [5.74, 6) is 2.25. The summed E-state index contributed by atoms with van der Waals surface area (Å²) in [5, 5.41) is 9.93. The molecule has 0 heterocycles. The van der Waals surface area contributed by atoms with E-state index in [1.165, 1.54) is 0 Å². The van der Waals surface area contributed by atoms with Crippen LogP contribution in [0.25, 0.3) is 0 Å². The quantitative estimate of drug-likeness (QED) is 0.658. The van der Waals surface area contributed by atoms with E-state index in [9.17, 15) is 5.11 Å². The van der Waals surface area contributed by atoms with E-state index in [2.05, 4.69) is 5.92 Å². The fourth-order valence-corrected chi connectivity index (χ4v) is 1.18. The first-order valence-corrected chi connectivity index (χ1v) is 3.93. The molecule has 1 unspecified atom stereocenters. The van der Waals surface area contributed by atoms with Crippen LogP contribution in [0.4, 0.5) is 0 Å². The lowest BCUT2D eigenvalue weighted by Gasteiger charge is -2.07. The normalized spacial score (nSPS) is 12.2. The van der Waals surface area contributed by atoms with Crippen molar-refractivity contribution in [3.8, 4) is 12.3 Å². The average molecular weight is 181 g/mol. The number of terminal acetylenes is 1. The lowest BCUT2D eigenvalue weighted by Crippen LogP contribution is -1.96. The van der Waals surface area contributed by atoms with Gasteiger partial charge >= 0.3 is 0 Å². The smallest absolute Gasteiger partial charge is 0.140 e. The molecule has 12 heavy (non-hydrogen) atoms. The molecule has 0 spiro atoms. The highest BCUT2D eigenvalue weighted by molar-refractivity contribution is 6.30. The van der Waals surface area contributed by atoms with Crippen molar-refractivity contribution in [2.75, 3.05) is 0 Å². The Morgan fingerprint density at radius 3 is 2.83 bits per heavy atom. The molecule has 1 aromatic carbocycles. The van der Waals surface area contributed by atoms with Gasteiger partial charge in [0.25, 0.3) is 0 Å². The lowest BCUT2D eigenvalue weighted by atomic mass is 10.0. The van der Waals surface area contributed by atoms with Gasteiger partial charge in [-0.05, 0) is 30.2 Å². The molecule has 1 rings (SSSR count). The maximum Gasteiger partial charge on any atom is 0.140 e. The molecule has 2 heteroatoms. The topological polar surface area (TPSA) is 20.2 Å². The Morgan fingerprint density at radius 2 is 2.25 bits per heavy atom. The van der Waals surface area contributed by atoms with Crippen molar-refractivity contribution in [3.63, 3.8) is 0 Å². The zero-order valence-electron chi connectivity index (χ0n) is 6.71. The number of aryl methyl sites for hydroxylation is 1. The van der Waals surface area contributed by atoms with E-state index in [1.54, 1.807) is 12.1 Å². The van der Waals surface area contributed by atoms with E-state index in [1.807, 2.05) is 13.0 Å². The zero-order chi connectivity index (χ0) is 9.14. The minimum Gasteiger partial charge on any atom is -0.376 e. The Morgan fingerprint density at radius 1 is 1.58 bits per heavy atom. The Labute approximate surface area is 77.0 Å². The summed E-state index contributed by atoms with van der Waals surface area (Å²) >= 11 is 5.74. The molecule has 1 N–H and O–H groups in total. The Bertz CT molecular complexity index is 325. The fourth-order valence-electron chi connectivity index (χ4n) is 0.996.